The summed E-state index contributed by atoms with van der Waals surface area (Å²) in [5, 5.41) is 0. The Kier molecular flexibility index (Phi) is 5.22. The van der Waals surface area contributed by atoms with Crippen LogP contribution in [0.5, 0.6) is 0 Å². The number of piperidine rings is 1. The summed E-state index contributed by atoms with van der Waals surface area (Å²) in [5.74, 6) is -0.573. The Labute approximate surface area is 152 Å². The number of morpholine rings is 1. The van der Waals surface area contributed by atoms with Crippen LogP contribution >= 0.6 is 0 Å². The molecule has 0 bridgehead atoms. The average molecular weight is 364 g/mol. The molecule has 3 saturated heterocycles. The third-order valence-electron chi connectivity index (χ3n) is 5.44. The standard InChI is InChI=1S/C19H25FN2O4/c20-16-3-1-15(2-4-16)17-13-21(9-10-24-17)14-18(23)22-7-5-19(6-8-22)25-11-12-26-19/h1-4,17H,5-14H2. The minimum absolute atomic E-state index is 0.123. The van der Waals surface area contributed by atoms with E-state index < -0.39 is 5.79 Å². The van der Waals surface area contributed by atoms with Crippen molar-refractivity contribution in [2.75, 3.05) is 52.5 Å². The van der Waals surface area contributed by atoms with Crippen LogP contribution in [0.3, 0.4) is 0 Å². The predicted octanol–water partition coefficient (Wildman–Crippen LogP) is 1.56. The van der Waals surface area contributed by atoms with E-state index in [4.69, 9.17) is 14.2 Å². The number of ether oxygens (including phenoxy) is 3. The second-order valence-electron chi connectivity index (χ2n) is 7.13. The average Bonchev–Trinajstić information content (AvgIpc) is 3.11. The van der Waals surface area contributed by atoms with Gasteiger partial charge in [-0.2, -0.15) is 0 Å². The zero-order valence-electron chi connectivity index (χ0n) is 14.9. The summed E-state index contributed by atoms with van der Waals surface area (Å²) in [7, 11) is 0. The number of benzene rings is 1. The van der Waals surface area contributed by atoms with Crippen LogP contribution in [0.4, 0.5) is 4.39 Å². The predicted molar refractivity (Wildman–Crippen MR) is 92.0 cm³/mol. The summed E-state index contributed by atoms with van der Waals surface area (Å²) < 4.78 is 30.3. The maximum absolute atomic E-state index is 13.1. The van der Waals surface area contributed by atoms with Crippen molar-refractivity contribution in [2.24, 2.45) is 0 Å². The van der Waals surface area contributed by atoms with E-state index in [2.05, 4.69) is 4.90 Å². The summed E-state index contributed by atoms with van der Waals surface area (Å²) in [6, 6.07) is 6.38. The third kappa shape index (κ3) is 3.91. The second-order valence-corrected chi connectivity index (χ2v) is 7.13. The number of nitrogens with zero attached hydrogens (tertiary/aromatic N) is 2. The minimum Gasteiger partial charge on any atom is -0.371 e. The van der Waals surface area contributed by atoms with E-state index in [1.807, 2.05) is 4.90 Å². The summed E-state index contributed by atoms with van der Waals surface area (Å²) >= 11 is 0. The number of carbonyl (C=O) groups is 1. The highest BCUT2D eigenvalue weighted by atomic mass is 19.1. The normalized spacial score (nSPS) is 26.3. The smallest absolute Gasteiger partial charge is 0.236 e. The first kappa shape index (κ1) is 17.9. The van der Waals surface area contributed by atoms with Gasteiger partial charge in [0, 0.05) is 39.0 Å². The molecule has 3 aliphatic heterocycles. The molecule has 1 aromatic carbocycles. The Morgan fingerprint density at radius 3 is 2.46 bits per heavy atom. The van der Waals surface area contributed by atoms with Gasteiger partial charge in [0.1, 0.15) is 5.82 Å². The van der Waals surface area contributed by atoms with Gasteiger partial charge in [-0.3, -0.25) is 9.69 Å². The van der Waals surface area contributed by atoms with Gasteiger partial charge in [0.2, 0.25) is 5.91 Å². The van der Waals surface area contributed by atoms with Crippen molar-refractivity contribution in [3.63, 3.8) is 0 Å². The molecule has 1 unspecified atom stereocenters. The molecule has 0 N–H and O–H groups in total. The lowest BCUT2D eigenvalue weighted by molar-refractivity contribution is -0.187. The Balaban J connectivity index is 1.29. The zero-order valence-corrected chi connectivity index (χ0v) is 14.9. The number of halogens is 1. The molecule has 26 heavy (non-hydrogen) atoms. The molecule has 0 radical (unpaired) electrons. The molecule has 0 aromatic heterocycles. The number of hydrogen-bond acceptors (Lipinski definition) is 5. The van der Waals surface area contributed by atoms with Gasteiger partial charge in [0.25, 0.3) is 0 Å². The summed E-state index contributed by atoms with van der Waals surface area (Å²) in [6.07, 6.45) is 1.35. The SMILES string of the molecule is O=C(CN1CCOC(c2ccc(F)cc2)C1)N1CCC2(CC1)OCCO2. The first-order valence-electron chi connectivity index (χ1n) is 9.29. The summed E-state index contributed by atoms with van der Waals surface area (Å²) in [6.45, 7) is 4.96. The Bertz CT molecular complexity index is 623. The molecule has 4 rings (SSSR count). The fraction of sp³-hybridized carbons (Fsp3) is 0.632. The van der Waals surface area contributed by atoms with Crippen molar-refractivity contribution in [1.82, 2.24) is 9.80 Å². The van der Waals surface area contributed by atoms with E-state index in [-0.39, 0.29) is 17.8 Å². The van der Waals surface area contributed by atoms with Gasteiger partial charge in [-0.1, -0.05) is 12.1 Å². The molecule has 1 amide bonds. The van der Waals surface area contributed by atoms with E-state index in [0.717, 1.165) is 24.9 Å². The maximum atomic E-state index is 13.1. The molecular formula is C19H25FN2O4. The van der Waals surface area contributed by atoms with Crippen LogP contribution in [0.25, 0.3) is 0 Å². The van der Waals surface area contributed by atoms with E-state index in [1.54, 1.807) is 12.1 Å². The monoisotopic (exact) mass is 364 g/mol. The molecule has 3 heterocycles. The summed E-state index contributed by atoms with van der Waals surface area (Å²) in [4.78, 5) is 16.7. The third-order valence-corrected chi connectivity index (χ3v) is 5.44. The van der Waals surface area contributed by atoms with Crippen molar-refractivity contribution in [1.29, 1.82) is 0 Å². The molecule has 1 aromatic rings. The molecule has 1 spiro atoms. The molecule has 142 valence electrons. The lowest BCUT2D eigenvalue weighted by Crippen LogP contribution is -2.51. The Morgan fingerprint density at radius 2 is 1.77 bits per heavy atom. The number of rotatable bonds is 3. The topological polar surface area (TPSA) is 51.2 Å². The van der Waals surface area contributed by atoms with E-state index in [1.165, 1.54) is 12.1 Å². The van der Waals surface area contributed by atoms with Gasteiger partial charge >= 0.3 is 0 Å². The molecule has 0 saturated carbocycles. The van der Waals surface area contributed by atoms with Gasteiger partial charge in [-0.15, -0.1) is 0 Å². The van der Waals surface area contributed by atoms with E-state index in [9.17, 15) is 9.18 Å². The van der Waals surface area contributed by atoms with Crippen LogP contribution in [-0.4, -0.2) is 74.0 Å². The maximum Gasteiger partial charge on any atom is 0.236 e. The van der Waals surface area contributed by atoms with Gasteiger partial charge < -0.3 is 19.1 Å². The van der Waals surface area contributed by atoms with Crippen molar-refractivity contribution < 1.29 is 23.4 Å². The largest absolute Gasteiger partial charge is 0.371 e. The highest BCUT2D eigenvalue weighted by Gasteiger charge is 2.41. The quantitative estimate of drug-likeness (QED) is 0.815. The van der Waals surface area contributed by atoms with Crippen LogP contribution in [0.2, 0.25) is 0 Å². The second kappa shape index (κ2) is 7.60. The molecule has 7 heteroatoms. The first-order chi connectivity index (χ1) is 12.6. The van der Waals surface area contributed by atoms with Crippen molar-refractivity contribution in [2.45, 2.75) is 24.7 Å². The highest BCUT2D eigenvalue weighted by Crippen LogP contribution is 2.31. The van der Waals surface area contributed by atoms with E-state index >= 15 is 0 Å². The molecule has 6 nitrogen and oxygen atoms in total. The molecule has 1 atom stereocenters. The number of likely N-dealkylation sites (tertiary alicyclic amines) is 1. The van der Waals surface area contributed by atoms with Gasteiger partial charge in [0.05, 0.1) is 32.5 Å². The fourth-order valence-electron chi connectivity index (χ4n) is 3.90. The fourth-order valence-corrected chi connectivity index (χ4v) is 3.90. The lowest BCUT2D eigenvalue weighted by atomic mass is 10.0. The van der Waals surface area contributed by atoms with Crippen LogP contribution in [-0.2, 0) is 19.0 Å². The minimum atomic E-state index is -0.455. The van der Waals surface area contributed by atoms with Crippen molar-refractivity contribution in [3.8, 4) is 0 Å². The van der Waals surface area contributed by atoms with Crippen LogP contribution in [0.1, 0.15) is 24.5 Å². The number of amides is 1. The number of hydrogen-bond donors (Lipinski definition) is 0. The summed E-state index contributed by atoms with van der Waals surface area (Å²) in [5.41, 5.74) is 0.944. The molecular weight excluding hydrogens is 339 g/mol. The van der Waals surface area contributed by atoms with Gasteiger partial charge in [0.15, 0.2) is 5.79 Å². The first-order valence-corrected chi connectivity index (χ1v) is 9.29. The lowest BCUT2D eigenvalue weighted by Gasteiger charge is -2.39. The molecule has 3 aliphatic rings. The van der Waals surface area contributed by atoms with Crippen molar-refractivity contribution >= 4 is 5.91 Å². The zero-order chi connectivity index (χ0) is 18.0. The van der Waals surface area contributed by atoms with Crippen molar-refractivity contribution in [3.05, 3.63) is 35.6 Å². The highest BCUT2D eigenvalue weighted by molar-refractivity contribution is 5.78. The van der Waals surface area contributed by atoms with Crippen LogP contribution in [0, 0.1) is 5.82 Å². The van der Waals surface area contributed by atoms with Gasteiger partial charge in [-0.25, -0.2) is 4.39 Å². The molecule has 0 aliphatic carbocycles. The van der Waals surface area contributed by atoms with E-state index in [0.29, 0.717) is 46.0 Å². The van der Waals surface area contributed by atoms with Gasteiger partial charge in [-0.05, 0) is 17.7 Å². The van der Waals surface area contributed by atoms with Crippen LogP contribution < -0.4 is 0 Å². The molecule has 3 fully saturated rings. The Morgan fingerprint density at radius 1 is 1.08 bits per heavy atom. The van der Waals surface area contributed by atoms with Crippen LogP contribution in [0.15, 0.2) is 24.3 Å². The Hall–Kier alpha value is -1.54. The number of carbonyl (C=O) groups excluding carboxylic acids is 1.